The zero-order valence-corrected chi connectivity index (χ0v) is 11.7. The summed E-state index contributed by atoms with van der Waals surface area (Å²) in [7, 11) is 0. The molecule has 0 unspecified atom stereocenters. The van der Waals surface area contributed by atoms with Gasteiger partial charge in [-0.05, 0) is 36.0 Å². The molecule has 2 rings (SSSR count). The molecular formula is C16H24N2O. The lowest BCUT2D eigenvalue weighted by molar-refractivity contribution is 0.100. The molecule has 19 heavy (non-hydrogen) atoms. The van der Waals surface area contributed by atoms with Crippen molar-refractivity contribution in [1.82, 2.24) is 5.32 Å². The van der Waals surface area contributed by atoms with Crippen molar-refractivity contribution in [2.75, 3.05) is 6.54 Å². The maximum Gasteiger partial charge on any atom is 0.248 e. The second-order valence-electron chi connectivity index (χ2n) is 6.04. The highest BCUT2D eigenvalue weighted by molar-refractivity contribution is 5.92. The van der Waals surface area contributed by atoms with Crippen LogP contribution < -0.4 is 11.1 Å². The van der Waals surface area contributed by atoms with Gasteiger partial charge in [0.15, 0.2) is 0 Å². The van der Waals surface area contributed by atoms with E-state index >= 15 is 0 Å². The fourth-order valence-electron chi connectivity index (χ4n) is 2.88. The number of rotatable bonds is 5. The van der Waals surface area contributed by atoms with Crippen LogP contribution in [-0.2, 0) is 6.54 Å². The van der Waals surface area contributed by atoms with Crippen molar-refractivity contribution in [3.63, 3.8) is 0 Å². The molecule has 0 spiro atoms. The fourth-order valence-corrected chi connectivity index (χ4v) is 2.88. The maximum absolute atomic E-state index is 11.0. The molecule has 1 saturated carbocycles. The SMILES string of the molecule is CC1(CNCc2ccc(C(N)=O)cc2)CCCCC1. The normalized spacial score (nSPS) is 18.2. The number of nitrogens with one attached hydrogen (secondary N) is 1. The Morgan fingerprint density at radius 2 is 1.84 bits per heavy atom. The third-order valence-electron chi connectivity index (χ3n) is 4.18. The van der Waals surface area contributed by atoms with Gasteiger partial charge in [-0.3, -0.25) is 4.79 Å². The molecule has 0 saturated heterocycles. The van der Waals surface area contributed by atoms with Gasteiger partial charge in [0.1, 0.15) is 0 Å². The summed E-state index contributed by atoms with van der Waals surface area (Å²) in [6.07, 6.45) is 6.79. The van der Waals surface area contributed by atoms with Crippen molar-refractivity contribution in [3.8, 4) is 0 Å². The highest BCUT2D eigenvalue weighted by Crippen LogP contribution is 2.34. The standard InChI is InChI=1S/C16H24N2O/c1-16(9-3-2-4-10-16)12-18-11-13-5-7-14(8-6-13)15(17)19/h5-8,18H,2-4,9-12H2,1H3,(H2,17,19). The Kier molecular flexibility index (Phi) is 4.59. The van der Waals surface area contributed by atoms with Crippen LogP contribution in [0.25, 0.3) is 0 Å². The molecule has 1 aromatic rings. The van der Waals surface area contributed by atoms with Crippen molar-refractivity contribution in [2.45, 2.75) is 45.6 Å². The summed E-state index contributed by atoms with van der Waals surface area (Å²) in [5, 5.41) is 3.54. The minimum Gasteiger partial charge on any atom is -0.366 e. The van der Waals surface area contributed by atoms with Gasteiger partial charge >= 0.3 is 0 Å². The molecule has 3 nitrogen and oxygen atoms in total. The van der Waals surface area contributed by atoms with Crippen LogP contribution in [0.1, 0.15) is 54.9 Å². The van der Waals surface area contributed by atoms with Gasteiger partial charge in [0.2, 0.25) is 5.91 Å². The molecule has 104 valence electrons. The van der Waals surface area contributed by atoms with Gasteiger partial charge < -0.3 is 11.1 Å². The van der Waals surface area contributed by atoms with Crippen LogP contribution in [0.3, 0.4) is 0 Å². The smallest absolute Gasteiger partial charge is 0.248 e. The van der Waals surface area contributed by atoms with E-state index < -0.39 is 0 Å². The van der Waals surface area contributed by atoms with Crippen molar-refractivity contribution in [1.29, 1.82) is 0 Å². The summed E-state index contributed by atoms with van der Waals surface area (Å²) in [6, 6.07) is 7.52. The average molecular weight is 260 g/mol. The molecule has 1 aliphatic rings. The van der Waals surface area contributed by atoms with E-state index in [9.17, 15) is 4.79 Å². The van der Waals surface area contributed by atoms with E-state index in [0.29, 0.717) is 11.0 Å². The number of carbonyl (C=O) groups excluding carboxylic acids is 1. The van der Waals surface area contributed by atoms with Crippen molar-refractivity contribution < 1.29 is 4.79 Å². The van der Waals surface area contributed by atoms with E-state index in [2.05, 4.69) is 12.2 Å². The second-order valence-corrected chi connectivity index (χ2v) is 6.04. The van der Waals surface area contributed by atoms with Crippen LogP contribution in [0.4, 0.5) is 0 Å². The number of amides is 1. The number of hydrogen-bond donors (Lipinski definition) is 2. The maximum atomic E-state index is 11.0. The Hall–Kier alpha value is -1.35. The summed E-state index contributed by atoms with van der Waals surface area (Å²) in [5.74, 6) is -0.366. The molecule has 3 heteroatoms. The fraction of sp³-hybridized carbons (Fsp3) is 0.562. The Labute approximate surface area is 115 Å². The van der Waals surface area contributed by atoms with Crippen LogP contribution in [0, 0.1) is 5.41 Å². The Bertz CT molecular complexity index is 419. The molecule has 0 atom stereocenters. The molecule has 1 aliphatic carbocycles. The molecular weight excluding hydrogens is 236 g/mol. The largest absolute Gasteiger partial charge is 0.366 e. The van der Waals surface area contributed by atoms with Gasteiger partial charge in [0.05, 0.1) is 0 Å². The number of carbonyl (C=O) groups is 1. The van der Waals surface area contributed by atoms with Gasteiger partial charge in [-0.1, -0.05) is 38.3 Å². The summed E-state index contributed by atoms with van der Waals surface area (Å²) in [4.78, 5) is 11.0. The number of nitrogens with two attached hydrogens (primary N) is 1. The number of hydrogen-bond acceptors (Lipinski definition) is 2. The third-order valence-corrected chi connectivity index (χ3v) is 4.18. The lowest BCUT2D eigenvalue weighted by Gasteiger charge is -2.33. The molecule has 1 aromatic carbocycles. The van der Waals surface area contributed by atoms with Gasteiger partial charge in [0.25, 0.3) is 0 Å². The van der Waals surface area contributed by atoms with E-state index in [4.69, 9.17) is 5.73 Å². The van der Waals surface area contributed by atoms with Crippen molar-refractivity contribution in [3.05, 3.63) is 35.4 Å². The molecule has 0 aliphatic heterocycles. The van der Waals surface area contributed by atoms with Gasteiger partial charge in [-0.15, -0.1) is 0 Å². The highest BCUT2D eigenvalue weighted by atomic mass is 16.1. The third kappa shape index (κ3) is 4.06. The Morgan fingerprint density at radius 3 is 2.42 bits per heavy atom. The lowest BCUT2D eigenvalue weighted by atomic mass is 9.76. The van der Waals surface area contributed by atoms with Crippen molar-refractivity contribution in [2.24, 2.45) is 11.1 Å². The summed E-state index contributed by atoms with van der Waals surface area (Å²) in [5.41, 5.74) is 7.46. The first kappa shape index (κ1) is 14.1. The number of primary amides is 1. The van der Waals surface area contributed by atoms with E-state index in [0.717, 1.165) is 13.1 Å². The highest BCUT2D eigenvalue weighted by Gasteiger charge is 2.25. The molecule has 1 fully saturated rings. The number of benzene rings is 1. The topological polar surface area (TPSA) is 55.1 Å². The molecule has 0 heterocycles. The minimum atomic E-state index is -0.366. The van der Waals surface area contributed by atoms with E-state index in [-0.39, 0.29) is 5.91 Å². The van der Waals surface area contributed by atoms with Gasteiger partial charge in [-0.25, -0.2) is 0 Å². The molecule has 0 radical (unpaired) electrons. The van der Waals surface area contributed by atoms with Crippen LogP contribution in [-0.4, -0.2) is 12.5 Å². The predicted molar refractivity (Wildman–Crippen MR) is 77.9 cm³/mol. The van der Waals surface area contributed by atoms with E-state index in [1.54, 1.807) is 12.1 Å². The lowest BCUT2D eigenvalue weighted by Crippen LogP contribution is -2.33. The first-order valence-electron chi connectivity index (χ1n) is 7.19. The van der Waals surface area contributed by atoms with Crippen LogP contribution >= 0.6 is 0 Å². The molecule has 0 aromatic heterocycles. The molecule has 0 bridgehead atoms. The van der Waals surface area contributed by atoms with Crippen LogP contribution in [0.2, 0.25) is 0 Å². The molecule has 1 amide bonds. The van der Waals surface area contributed by atoms with E-state index in [1.165, 1.54) is 37.7 Å². The van der Waals surface area contributed by atoms with Crippen molar-refractivity contribution >= 4 is 5.91 Å². The first-order chi connectivity index (χ1) is 9.09. The predicted octanol–water partition coefficient (Wildman–Crippen LogP) is 2.85. The van der Waals surface area contributed by atoms with E-state index in [1.807, 2.05) is 12.1 Å². The minimum absolute atomic E-state index is 0.366. The first-order valence-corrected chi connectivity index (χ1v) is 7.19. The quantitative estimate of drug-likeness (QED) is 0.855. The Morgan fingerprint density at radius 1 is 1.21 bits per heavy atom. The van der Waals surface area contributed by atoms with Gasteiger partial charge in [-0.2, -0.15) is 0 Å². The zero-order valence-electron chi connectivity index (χ0n) is 11.7. The summed E-state index contributed by atoms with van der Waals surface area (Å²) < 4.78 is 0. The monoisotopic (exact) mass is 260 g/mol. The summed E-state index contributed by atoms with van der Waals surface area (Å²) in [6.45, 7) is 4.31. The second kappa shape index (κ2) is 6.20. The average Bonchev–Trinajstić information content (AvgIpc) is 2.40. The van der Waals surface area contributed by atoms with Crippen LogP contribution in [0.5, 0.6) is 0 Å². The zero-order chi connectivity index (χ0) is 13.7. The summed E-state index contributed by atoms with van der Waals surface area (Å²) >= 11 is 0. The Balaban J connectivity index is 1.80. The van der Waals surface area contributed by atoms with Gasteiger partial charge in [0, 0.05) is 18.7 Å². The van der Waals surface area contributed by atoms with Crippen LogP contribution in [0.15, 0.2) is 24.3 Å². The molecule has 3 N–H and O–H groups in total.